The number of piperidine rings is 2. The van der Waals surface area contributed by atoms with Crippen LogP contribution in [0.25, 0.3) is 0 Å². The maximum Gasteiger partial charge on any atom is 0.276 e. The fraction of sp³-hybridized carbons (Fsp3) is 0.722. The Hall–Kier alpha value is -1.89. The first kappa shape index (κ1) is 17.9. The quantitative estimate of drug-likeness (QED) is 0.892. The summed E-state index contributed by atoms with van der Waals surface area (Å²) in [5.41, 5.74) is 0.678. The Kier molecular flexibility index (Phi) is 5.13. The maximum absolute atomic E-state index is 12.8. The first-order valence-corrected chi connectivity index (χ1v) is 9.07. The zero-order chi connectivity index (χ0) is 18.1. The Balaban J connectivity index is 1.73. The van der Waals surface area contributed by atoms with Gasteiger partial charge in [0, 0.05) is 32.1 Å². The third-order valence-corrected chi connectivity index (χ3v) is 5.34. The number of carbonyl (C=O) groups is 2. The van der Waals surface area contributed by atoms with Crippen molar-refractivity contribution in [3.8, 4) is 0 Å². The summed E-state index contributed by atoms with van der Waals surface area (Å²) in [6.45, 7) is 7.69. The van der Waals surface area contributed by atoms with Crippen molar-refractivity contribution >= 4 is 11.8 Å². The smallest absolute Gasteiger partial charge is 0.276 e. The van der Waals surface area contributed by atoms with Gasteiger partial charge in [-0.25, -0.2) is 0 Å². The molecule has 3 heterocycles. The summed E-state index contributed by atoms with van der Waals surface area (Å²) in [7, 11) is 0. The molecular formula is C18H27N3O4. The molecule has 1 aromatic heterocycles. The molecule has 2 fully saturated rings. The normalized spacial score (nSPS) is 24.0. The number of aliphatic hydroxyl groups excluding tert-OH is 1. The molecule has 0 aromatic carbocycles. The summed E-state index contributed by atoms with van der Waals surface area (Å²) in [5, 5.41) is 13.3. The van der Waals surface area contributed by atoms with E-state index in [9.17, 15) is 14.7 Å². The van der Waals surface area contributed by atoms with E-state index < -0.39 is 0 Å². The molecule has 0 unspecified atom stereocenters. The molecule has 2 saturated heterocycles. The Morgan fingerprint density at radius 3 is 2.84 bits per heavy atom. The van der Waals surface area contributed by atoms with Crippen molar-refractivity contribution in [3.63, 3.8) is 0 Å². The van der Waals surface area contributed by atoms with Crippen LogP contribution in [0.1, 0.15) is 54.9 Å². The zero-order valence-corrected chi connectivity index (χ0v) is 15.2. The second kappa shape index (κ2) is 7.15. The van der Waals surface area contributed by atoms with Crippen LogP contribution in [0.3, 0.4) is 0 Å². The van der Waals surface area contributed by atoms with Crippen LogP contribution in [0, 0.1) is 18.8 Å². The van der Waals surface area contributed by atoms with Crippen molar-refractivity contribution in [2.75, 3.05) is 19.6 Å². The standard InChI is InChI=1S/C18H27N3O4/c1-11(2)8-21-15-6-7-20(9-13(15)4-5-16(21)23)18(24)17-14(10-22)12(3)25-19-17/h11,13,15,22H,4-10H2,1-3H3/t13-,15+/m1/s1. The summed E-state index contributed by atoms with van der Waals surface area (Å²) in [6.07, 6.45) is 2.17. The van der Waals surface area contributed by atoms with Crippen LogP contribution < -0.4 is 0 Å². The monoisotopic (exact) mass is 349 g/mol. The second-order valence-electron chi connectivity index (χ2n) is 7.57. The van der Waals surface area contributed by atoms with E-state index in [0.29, 0.717) is 42.7 Å². The van der Waals surface area contributed by atoms with E-state index in [-0.39, 0.29) is 30.2 Å². The fourth-order valence-electron chi connectivity index (χ4n) is 4.06. The summed E-state index contributed by atoms with van der Waals surface area (Å²) in [6, 6.07) is 0.226. The lowest BCUT2D eigenvalue weighted by Gasteiger charge is -2.47. The van der Waals surface area contributed by atoms with Crippen molar-refractivity contribution < 1.29 is 19.2 Å². The molecule has 7 heteroatoms. The first-order chi connectivity index (χ1) is 11.9. The number of aromatic nitrogens is 1. The molecule has 0 saturated carbocycles. The average Bonchev–Trinajstić information content (AvgIpc) is 2.96. The highest BCUT2D eigenvalue weighted by molar-refractivity contribution is 5.94. The summed E-state index contributed by atoms with van der Waals surface area (Å²) in [4.78, 5) is 28.9. The number of rotatable bonds is 4. The fourth-order valence-corrected chi connectivity index (χ4v) is 4.06. The third-order valence-electron chi connectivity index (χ3n) is 5.34. The van der Waals surface area contributed by atoms with Gasteiger partial charge in [-0.1, -0.05) is 19.0 Å². The topological polar surface area (TPSA) is 86.9 Å². The molecular weight excluding hydrogens is 322 g/mol. The lowest BCUT2D eigenvalue weighted by molar-refractivity contribution is -0.141. The van der Waals surface area contributed by atoms with Crippen LogP contribution in [0.4, 0.5) is 0 Å². The third kappa shape index (κ3) is 3.42. The van der Waals surface area contributed by atoms with Gasteiger partial charge in [-0.2, -0.15) is 0 Å². The van der Waals surface area contributed by atoms with Gasteiger partial charge in [0.25, 0.3) is 5.91 Å². The number of hydrogen-bond acceptors (Lipinski definition) is 5. The Morgan fingerprint density at radius 2 is 2.16 bits per heavy atom. The predicted molar refractivity (Wildman–Crippen MR) is 90.7 cm³/mol. The molecule has 2 atom stereocenters. The van der Waals surface area contributed by atoms with Gasteiger partial charge < -0.3 is 19.4 Å². The molecule has 7 nitrogen and oxygen atoms in total. The SMILES string of the molecule is Cc1onc(C(=O)N2CC[C@H]3[C@H](CCC(=O)N3CC(C)C)C2)c1CO. The van der Waals surface area contributed by atoms with E-state index in [4.69, 9.17) is 4.52 Å². The number of hydrogen-bond donors (Lipinski definition) is 1. The summed E-state index contributed by atoms with van der Waals surface area (Å²) in [5.74, 6) is 1.27. The molecule has 25 heavy (non-hydrogen) atoms. The van der Waals surface area contributed by atoms with Gasteiger partial charge >= 0.3 is 0 Å². The van der Waals surface area contributed by atoms with Gasteiger partial charge in [-0.05, 0) is 31.6 Å². The van der Waals surface area contributed by atoms with Crippen molar-refractivity contribution in [1.29, 1.82) is 0 Å². The molecule has 0 bridgehead atoms. The number of carbonyl (C=O) groups excluding carboxylic acids is 2. The summed E-state index contributed by atoms with van der Waals surface area (Å²) >= 11 is 0. The molecule has 2 amide bonds. The van der Waals surface area contributed by atoms with E-state index in [2.05, 4.69) is 19.0 Å². The molecule has 1 aromatic rings. The Morgan fingerprint density at radius 1 is 1.40 bits per heavy atom. The van der Waals surface area contributed by atoms with E-state index >= 15 is 0 Å². The Labute approximate surface area is 147 Å². The van der Waals surface area contributed by atoms with Crippen LogP contribution in [0.2, 0.25) is 0 Å². The van der Waals surface area contributed by atoms with Crippen LogP contribution >= 0.6 is 0 Å². The van der Waals surface area contributed by atoms with E-state index in [0.717, 1.165) is 19.4 Å². The largest absolute Gasteiger partial charge is 0.391 e. The zero-order valence-electron chi connectivity index (χ0n) is 15.2. The van der Waals surface area contributed by atoms with Gasteiger partial charge in [0.1, 0.15) is 5.76 Å². The van der Waals surface area contributed by atoms with E-state index in [1.807, 2.05) is 4.90 Å². The van der Waals surface area contributed by atoms with Crippen molar-refractivity contribution in [1.82, 2.24) is 15.0 Å². The second-order valence-corrected chi connectivity index (χ2v) is 7.57. The van der Waals surface area contributed by atoms with Crippen LogP contribution in [0.15, 0.2) is 4.52 Å². The van der Waals surface area contributed by atoms with Gasteiger partial charge in [0.2, 0.25) is 5.91 Å². The number of likely N-dealkylation sites (tertiary alicyclic amines) is 2. The number of aliphatic hydroxyl groups is 1. The highest BCUT2D eigenvalue weighted by atomic mass is 16.5. The van der Waals surface area contributed by atoms with Gasteiger partial charge in [0.15, 0.2) is 5.69 Å². The maximum atomic E-state index is 12.8. The predicted octanol–water partition coefficient (Wildman–Crippen LogP) is 1.58. The molecule has 0 spiro atoms. The van der Waals surface area contributed by atoms with Crippen molar-refractivity contribution in [3.05, 3.63) is 17.0 Å². The average molecular weight is 349 g/mol. The van der Waals surface area contributed by atoms with Crippen molar-refractivity contribution in [2.45, 2.75) is 52.7 Å². The van der Waals surface area contributed by atoms with E-state index in [1.54, 1.807) is 11.8 Å². The van der Waals surface area contributed by atoms with Crippen molar-refractivity contribution in [2.24, 2.45) is 11.8 Å². The van der Waals surface area contributed by atoms with E-state index in [1.165, 1.54) is 0 Å². The first-order valence-electron chi connectivity index (χ1n) is 9.07. The molecule has 1 N–H and O–H groups in total. The highest BCUT2D eigenvalue weighted by Crippen LogP contribution is 2.32. The van der Waals surface area contributed by atoms with Gasteiger partial charge in [-0.3, -0.25) is 9.59 Å². The molecule has 2 aliphatic rings. The molecule has 0 aliphatic carbocycles. The van der Waals surface area contributed by atoms with Crippen LogP contribution in [-0.4, -0.2) is 57.6 Å². The molecule has 2 aliphatic heterocycles. The number of fused-ring (bicyclic) bond motifs is 1. The molecule has 3 rings (SSSR count). The minimum absolute atomic E-state index is 0.188. The molecule has 0 radical (unpaired) electrons. The van der Waals surface area contributed by atoms with Crippen LogP contribution in [0.5, 0.6) is 0 Å². The number of amides is 2. The summed E-state index contributed by atoms with van der Waals surface area (Å²) < 4.78 is 5.07. The lowest BCUT2D eigenvalue weighted by atomic mass is 9.83. The minimum Gasteiger partial charge on any atom is -0.391 e. The number of aryl methyl sites for hydroxylation is 1. The van der Waals surface area contributed by atoms with Gasteiger partial charge in [0.05, 0.1) is 12.2 Å². The Bertz CT molecular complexity index is 655. The van der Waals surface area contributed by atoms with Crippen LogP contribution in [-0.2, 0) is 11.4 Å². The molecule has 138 valence electrons. The number of nitrogens with zero attached hydrogens (tertiary/aromatic N) is 3. The minimum atomic E-state index is -0.257. The highest BCUT2D eigenvalue weighted by Gasteiger charge is 2.41. The van der Waals surface area contributed by atoms with Gasteiger partial charge in [-0.15, -0.1) is 0 Å². The lowest BCUT2D eigenvalue weighted by Crippen LogP contribution is -2.57.